The van der Waals surface area contributed by atoms with Crippen LogP contribution in [0, 0.1) is 9.49 Å². The zero-order valence-corrected chi connectivity index (χ0v) is 13.6. The van der Waals surface area contributed by atoms with Crippen LogP contribution in [0.15, 0.2) is 18.2 Å². The van der Waals surface area contributed by atoms with Crippen molar-refractivity contribution < 1.29 is 9.53 Å². The second kappa shape index (κ2) is 7.31. The molecule has 0 aromatic heterocycles. The molecule has 1 aromatic rings. The molecule has 3 nitrogen and oxygen atoms in total. The van der Waals surface area contributed by atoms with Gasteiger partial charge in [-0.3, -0.25) is 4.79 Å². The summed E-state index contributed by atoms with van der Waals surface area (Å²) in [5, 5.41) is 3.55. The highest BCUT2D eigenvalue weighted by Crippen LogP contribution is 2.19. The molecule has 1 amide bonds. The van der Waals surface area contributed by atoms with Crippen LogP contribution in [0.3, 0.4) is 0 Å². The van der Waals surface area contributed by atoms with Crippen molar-refractivity contribution in [1.29, 1.82) is 0 Å². The second-order valence-electron chi connectivity index (χ2n) is 4.41. The first-order chi connectivity index (χ1) is 8.45. The number of carbonyl (C=O) groups excluding carboxylic acids is 1. The summed E-state index contributed by atoms with van der Waals surface area (Å²) in [6.45, 7) is 4.59. The molecule has 0 saturated carbocycles. The highest BCUT2D eigenvalue weighted by Gasteiger charge is 2.17. The Bertz CT molecular complexity index is 423. The summed E-state index contributed by atoms with van der Waals surface area (Å²) in [4.78, 5) is 12.1. The molecular formula is C13H17ClINO2. The Labute approximate surface area is 126 Å². The minimum atomic E-state index is -0.121. The summed E-state index contributed by atoms with van der Waals surface area (Å²) in [5.41, 5.74) is 0.571. The summed E-state index contributed by atoms with van der Waals surface area (Å²) < 4.78 is 6.04. The molecule has 18 heavy (non-hydrogen) atoms. The maximum Gasteiger partial charge on any atom is 0.251 e. The van der Waals surface area contributed by atoms with Crippen LogP contribution < -0.4 is 5.32 Å². The van der Waals surface area contributed by atoms with E-state index < -0.39 is 0 Å². The number of ether oxygens (including phenoxy) is 1. The van der Waals surface area contributed by atoms with E-state index in [1.807, 2.05) is 19.9 Å². The molecule has 100 valence electrons. The molecule has 0 aliphatic carbocycles. The number of hydrogen-bond acceptors (Lipinski definition) is 2. The van der Waals surface area contributed by atoms with E-state index in [1.165, 1.54) is 0 Å². The lowest BCUT2D eigenvalue weighted by molar-refractivity contribution is 0.0866. The zero-order valence-electron chi connectivity index (χ0n) is 10.7. The minimum absolute atomic E-state index is 0.000513. The molecule has 0 fully saturated rings. The topological polar surface area (TPSA) is 38.3 Å². The first-order valence-corrected chi connectivity index (χ1v) is 7.16. The number of hydrogen-bond donors (Lipinski definition) is 1. The number of amides is 1. The van der Waals surface area contributed by atoms with Crippen molar-refractivity contribution in [3.63, 3.8) is 0 Å². The molecule has 5 heteroatoms. The molecule has 1 rings (SSSR count). The van der Waals surface area contributed by atoms with Crippen LogP contribution in [0.4, 0.5) is 0 Å². The van der Waals surface area contributed by atoms with Crippen LogP contribution in [0.5, 0.6) is 0 Å². The van der Waals surface area contributed by atoms with Gasteiger partial charge in [-0.2, -0.15) is 0 Å². The average Bonchev–Trinajstić information content (AvgIpc) is 2.31. The quantitative estimate of drug-likeness (QED) is 0.795. The first-order valence-electron chi connectivity index (χ1n) is 5.70. The molecule has 1 atom stereocenters. The summed E-state index contributed by atoms with van der Waals surface area (Å²) in [6.07, 6.45) is 0. The molecule has 1 unspecified atom stereocenters. The number of nitrogens with one attached hydrogen (secondary N) is 1. The van der Waals surface area contributed by atoms with Crippen molar-refractivity contribution >= 4 is 40.1 Å². The smallest absolute Gasteiger partial charge is 0.251 e. The fraction of sp³-hybridized carbons (Fsp3) is 0.462. The second-order valence-corrected chi connectivity index (χ2v) is 5.98. The standard InChI is InChI=1S/C13H17ClINO2/c1-8(2)12(7-18-3)16-13(17)9-4-5-11(15)10(14)6-9/h4-6,8,12H,7H2,1-3H3,(H,16,17). The molecule has 0 radical (unpaired) electrons. The summed E-state index contributed by atoms with van der Waals surface area (Å²) in [7, 11) is 1.63. The van der Waals surface area contributed by atoms with E-state index in [1.54, 1.807) is 19.2 Å². The summed E-state index contributed by atoms with van der Waals surface area (Å²) in [5.74, 6) is 0.192. The van der Waals surface area contributed by atoms with E-state index in [-0.39, 0.29) is 11.9 Å². The van der Waals surface area contributed by atoms with Gasteiger partial charge in [0.15, 0.2) is 0 Å². The zero-order chi connectivity index (χ0) is 13.7. The fourth-order valence-electron chi connectivity index (χ4n) is 1.47. The number of carbonyl (C=O) groups is 1. The molecule has 0 spiro atoms. The molecule has 0 aliphatic heterocycles. The molecular weight excluding hydrogens is 365 g/mol. The first kappa shape index (κ1) is 15.7. The van der Waals surface area contributed by atoms with Crippen LogP contribution in [0.1, 0.15) is 24.2 Å². The lowest BCUT2D eigenvalue weighted by Gasteiger charge is -2.21. The predicted octanol–water partition coefficient (Wildman–Crippen LogP) is 3.35. The number of rotatable bonds is 5. The van der Waals surface area contributed by atoms with Gasteiger partial charge in [-0.25, -0.2) is 0 Å². The third-order valence-corrected chi connectivity index (χ3v) is 4.22. The maximum atomic E-state index is 12.1. The van der Waals surface area contributed by atoms with Crippen LogP contribution >= 0.6 is 34.2 Å². The van der Waals surface area contributed by atoms with Crippen molar-refractivity contribution in [2.75, 3.05) is 13.7 Å². The lowest BCUT2D eigenvalue weighted by Crippen LogP contribution is -2.41. The van der Waals surface area contributed by atoms with E-state index in [0.29, 0.717) is 23.1 Å². The number of benzene rings is 1. The maximum absolute atomic E-state index is 12.1. The van der Waals surface area contributed by atoms with Gasteiger partial charge >= 0.3 is 0 Å². The van der Waals surface area contributed by atoms with E-state index in [4.69, 9.17) is 16.3 Å². The average molecular weight is 382 g/mol. The van der Waals surface area contributed by atoms with Gasteiger partial charge in [0, 0.05) is 16.2 Å². The Balaban J connectivity index is 2.77. The molecule has 0 bridgehead atoms. The molecule has 0 heterocycles. The van der Waals surface area contributed by atoms with Gasteiger partial charge in [-0.05, 0) is 46.7 Å². The van der Waals surface area contributed by atoms with Gasteiger partial charge in [0.2, 0.25) is 0 Å². The Morgan fingerprint density at radius 3 is 2.67 bits per heavy atom. The Hall–Kier alpha value is -0.330. The van der Waals surface area contributed by atoms with Crippen LogP contribution in [0.25, 0.3) is 0 Å². The van der Waals surface area contributed by atoms with Gasteiger partial charge in [-0.1, -0.05) is 25.4 Å². The fourth-order valence-corrected chi connectivity index (χ4v) is 1.99. The molecule has 0 aliphatic rings. The van der Waals surface area contributed by atoms with Crippen molar-refractivity contribution in [2.24, 2.45) is 5.92 Å². The van der Waals surface area contributed by atoms with Crippen molar-refractivity contribution in [2.45, 2.75) is 19.9 Å². The van der Waals surface area contributed by atoms with E-state index in [2.05, 4.69) is 27.9 Å². The van der Waals surface area contributed by atoms with Gasteiger partial charge in [0.05, 0.1) is 17.7 Å². The Morgan fingerprint density at radius 2 is 2.17 bits per heavy atom. The van der Waals surface area contributed by atoms with Crippen molar-refractivity contribution in [3.8, 4) is 0 Å². The SMILES string of the molecule is COCC(NC(=O)c1ccc(I)c(Cl)c1)C(C)C. The Kier molecular flexibility index (Phi) is 6.38. The summed E-state index contributed by atoms with van der Waals surface area (Å²) in [6, 6.07) is 5.29. The molecule has 0 saturated heterocycles. The molecule has 1 N–H and O–H groups in total. The third kappa shape index (κ3) is 4.40. The van der Waals surface area contributed by atoms with Crippen molar-refractivity contribution in [1.82, 2.24) is 5.32 Å². The summed E-state index contributed by atoms with van der Waals surface area (Å²) >= 11 is 8.14. The van der Waals surface area contributed by atoms with Crippen LogP contribution in [0.2, 0.25) is 5.02 Å². The normalized spacial score (nSPS) is 12.6. The van der Waals surface area contributed by atoms with E-state index >= 15 is 0 Å². The van der Waals surface area contributed by atoms with Gasteiger partial charge in [0.25, 0.3) is 5.91 Å². The Morgan fingerprint density at radius 1 is 1.50 bits per heavy atom. The number of halogens is 2. The van der Waals surface area contributed by atoms with E-state index in [9.17, 15) is 4.79 Å². The lowest BCUT2D eigenvalue weighted by atomic mass is 10.0. The van der Waals surface area contributed by atoms with Gasteiger partial charge in [0.1, 0.15) is 0 Å². The monoisotopic (exact) mass is 381 g/mol. The highest BCUT2D eigenvalue weighted by atomic mass is 127. The van der Waals surface area contributed by atoms with Gasteiger partial charge in [-0.15, -0.1) is 0 Å². The molecule has 1 aromatic carbocycles. The van der Waals surface area contributed by atoms with E-state index in [0.717, 1.165) is 3.57 Å². The van der Waals surface area contributed by atoms with Crippen LogP contribution in [-0.4, -0.2) is 25.7 Å². The minimum Gasteiger partial charge on any atom is -0.383 e. The van der Waals surface area contributed by atoms with Crippen LogP contribution in [-0.2, 0) is 4.74 Å². The predicted molar refractivity (Wildman–Crippen MR) is 82.1 cm³/mol. The number of methoxy groups -OCH3 is 1. The van der Waals surface area contributed by atoms with Gasteiger partial charge < -0.3 is 10.1 Å². The highest BCUT2D eigenvalue weighted by molar-refractivity contribution is 14.1. The van der Waals surface area contributed by atoms with Crippen molar-refractivity contribution in [3.05, 3.63) is 32.4 Å². The largest absolute Gasteiger partial charge is 0.383 e. The third-order valence-electron chi connectivity index (χ3n) is 2.65.